The standard InChI is InChI=1S/6CN.3K.Mn/c6*1-2;;;;/q6*-1;3*+1;. The summed E-state index contributed by atoms with van der Waals surface area (Å²) in [7, 11) is 0. The second-order valence-corrected chi connectivity index (χ2v) is 0. The Hall–Kier alpha value is 2.37. The second-order valence-electron chi connectivity index (χ2n) is 0. The Bertz CT molecular complexity index is 103. The van der Waals surface area contributed by atoms with Gasteiger partial charge in [0.2, 0.25) is 0 Å². The zero-order chi connectivity index (χ0) is 12.0. The molecule has 10 heteroatoms. The van der Waals surface area contributed by atoms with Gasteiger partial charge in [-0.05, 0) is 0 Å². The van der Waals surface area contributed by atoms with Crippen molar-refractivity contribution in [2.75, 3.05) is 0 Å². The topological polar surface area (TPSA) is 143 Å². The molecule has 0 rings (SSSR count). The zero-order valence-electron chi connectivity index (χ0n) is 9.06. The molecule has 0 atom stereocenters. The van der Waals surface area contributed by atoms with E-state index in [-0.39, 0.29) is 171 Å². The largest absolute Gasteiger partial charge is 1.00 e. The number of rotatable bonds is 0. The Morgan fingerprint density at radius 2 is 0.312 bits per heavy atom. The molecule has 0 aromatic rings. The van der Waals surface area contributed by atoms with E-state index in [4.69, 9.17) is 71.0 Å². The van der Waals surface area contributed by atoms with E-state index in [1.807, 2.05) is 0 Å². The van der Waals surface area contributed by atoms with Crippen molar-refractivity contribution in [3.8, 4) is 0 Å². The van der Waals surface area contributed by atoms with Gasteiger partial charge in [-0.25, -0.2) is 0 Å². The average Bonchev–Trinajstić information content (AvgIpc) is 2.33. The van der Waals surface area contributed by atoms with E-state index in [0.717, 1.165) is 0 Å². The Morgan fingerprint density at radius 1 is 0.312 bits per heavy atom. The van der Waals surface area contributed by atoms with Crippen molar-refractivity contribution in [2.45, 2.75) is 0 Å². The summed E-state index contributed by atoms with van der Waals surface area (Å²) in [4.78, 5) is 0. The molecule has 6 nitrogen and oxygen atoms in total. The van der Waals surface area contributed by atoms with Gasteiger partial charge in [0.1, 0.15) is 0 Å². The van der Waals surface area contributed by atoms with E-state index in [2.05, 4.69) is 0 Å². The van der Waals surface area contributed by atoms with E-state index in [0.29, 0.717) is 0 Å². The normalized spacial score (nSPS) is 0.750. The first-order chi connectivity index (χ1) is 6.00. The van der Waals surface area contributed by atoms with Gasteiger partial charge in [-0.2, -0.15) is 0 Å². The molecule has 0 aliphatic heterocycles. The van der Waals surface area contributed by atoms with Crippen molar-refractivity contribution in [3.63, 3.8) is 0 Å². The molecule has 0 saturated heterocycles. The molecule has 0 saturated carbocycles. The maximum atomic E-state index is 6.25. The summed E-state index contributed by atoms with van der Waals surface area (Å²) in [6.07, 6.45) is 0. The van der Waals surface area contributed by atoms with Gasteiger partial charge in [0, 0.05) is 17.1 Å². The van der Waals surface area contributed by atoms with Gasteiger partial charge in [0.25, 0.3) is 0 Å². The summed E-state index contributed by atoms with van der Waals surface area (Å²) in [6, 6.07) is 0. The minimum Gasteiger partial charge on any atom is -0.512 e. The van der Waals surface area contributed by atoms with Gasteiger partial charge in [0.05, 0.1) is 0 Å². The molecule has 0 aliphatic rings. The number of hydrogen-bond acceptors (Lipinski definition) is 6. The van der Waals surface area contributed by atoms with Gasteiger partial charge < -0.3 is 71.0 Å². The summed E-state index contributed by atoms with van der Waals surface area (Å²) in [5, 5.41) is 37.5. The molecule has 0 aromatic carbocycles. The third kappa shape index (κ3) is 689. The quantitative estimate of drug-likeness (QED) is 0.319. The maximum Gasteiger partial charge on any atom is 1.00 e. The SMILES string of the molecule is [C-]#N.[C-]#N.[C-]#N.[C-]#N.[C-]#N.[C-]#N.[K+].[K+].[K+].[Mn]. The van der Waals surface area contributed by atoms with Crippen molar-refractivity contribution in [2.24, 2.45) is 0 Å². The molecular formula is C6K3MnN6-3. The fraction of sp³-hybridized carbons (Fsp3) is 0. The Kier molecular flexibility index (Phi) is 4100. The van der Waals surface area contributed by atoms with Crippen LogP contribution in [0.2, 0.25) is 0 Å². The van der Waals surface area contributed by atoms with Crippen LogP contribution in [0.4, 0.5) is 0 Å². The zero-order valence-corrected chi connectivity index (χ0v) is 19.6. The second kappa shape index (κ2) is 829. The molecule has 0 heterocycles. The van der Waals surface area contributed by atoms with E-state index in [1.54, 1.807) is 0 Å². The van der Waals surface area contributed by atoms with Crippen molar-refractivity contribution < 1.29 is 171 Å². The first kappa shape index (κ1) is 79.1. The minimum atomic E-state index is 0. The first-order valence-electron chi connectivity index (χ1n) is 1.34. The molecule has 0 N–H and O–H groups in total. The maximum absolute atomic E-state index is 6.25. The van der Waals surface area contributed by atoms with E-state index >= 15 is 0 Å². The smallest absolute Gasteiger partial charge is 0.512 e. The van der Waals surface area contributed by atoms with Crippen molar-refractivity contribution in [1.82, 2.24) is 0 Å². The molecule has 0 fully saturated rings. The van der Waals surface area contributed by atoms with Crippen LogP contribution in [0, 0.1) is 71.0 Å². The number of hydrogen-bond donors (Lipinski definition) is 0. The third-order valence-electron chi connectivity index (χ3n) is 0. The summed E-state index contributed by atoms with van der Waals surface area (Å²) in [5.41, 5.74) is 0. The van der Waals surface area contributed by atoms with Crippen LogP contribution in [-0.4, -0.2) is 0 Å². The Morgan fingerprint density at radius 3 is 0.312 bits per heavy atom. The molecule has 0 amide bonds. The monoisotopic (exact) mass is 328 g/mol. The fourth-order valence-corrected chi connectivity index (χ4v) is 0. The van der Waals surface area contributed by atoms with E-state index < -0.39 is 0 Å². The van der Waals surface area contributed by atoms with Crippen LogP contribution >= 0.6 is 0 Å². The van der Waals surface area contributed by atoms with Crippen LogP contribution in [-0.2, 0) is 17.1 Å². The van der Waals surface area contributed by atoms with Crippen LogP contribution in [0.3, 0.4) is 0 Å². The summed E-state index contributed by atoms with van der Waals surface area (Å²) >= 11 is 0. The predicted octanol–water partition coefficient (Wildman–Crippen LogP) is -8.41. The molecule has 0 aliphatic carbocycles. The van der Waals surface area contributed by atoms with E-state index in [9.17, 15) is 0 Å². The average molecular weight is 328 g/mol. The van der Waals surface area contributed by atoms with Crippen LogP contribution in [0.15, 0.2) is 0 Å². The first-order valence-corrected chi connectivity index (χ1v) is 1.34. The molecule has 0 spiro atoms. The van der Waals surface area contributed by atoms with Gasteiger partial charge >= 0.3 is 154 Å². The molecule has 1 radical (unpaired) electrons. The molecule has 0 aromatic heterocycles. The predicted molar refractivity (Wildman–Crippen MR) is 29.8 cm³/mol. The van der Waals surface area contributed by atoms with Gasteiger partial charge in [-0.15, -0.1) is 0 Å². The van der Waals surface area contributed by atoms with Crippen molar-refractivity contribution in [3.05, 3.63) is 39.4 Å². The fourth-order valence-electron chi connectivity index (χ4n) is 0. The van der Waals surface area contributed by atoms with E-state index in [1.165, 1.54) is 0 Å². The molecular weight excluding hydrogens is 328 g/mol. The molecule has 16 heavy (non-hydrogen) atoms. The Balaban J connectivity index is -0.00000000321. The minimum absolute atomic E-state index is 0. The van der Waals surface area contributed by atoms with Crippen LogP contribution in [0.25, 0.3) is 0 Å². The summed E-state index contributed by atoms with van der Waals surface area (Å²) < 4.78 is 0. The van der Waals surface area contributed by atoms with Crippen LogP contribution < -0.4 is 154 Å². The molecule has 67 valence electrons. The Labute approximate surface area is 235 Å². The molecule has 0 bridgehead atoms. The number of nitrogens with zero attached hydrogens (tertiary/aromatic N) is 6. The van der Waals surface area contributed by atoms with Gasteiger partial charge in [-0.3, -0.25) is 0 Å². The van der Waals surface area contributed by atoms with Gasteiger partial charge in [0.15, 0.2) is 0 Å². The van der Waals surface area contributed by atoms with Gasteiger partial charge in [-0.1, -0.05) is 0 Å². The molecule has 0 unspecified atom stereocenters. The van der Waals surface area contributed by atoms with Crippen LogP contribution in [0.5, 0.6) is 0 Å². The van der Waals surface area contributed by atoms with Crippen molar-refractivity contribution >= 4 is 0 Å². The summed E-state index contributed by atoms with van der Waals surface area (Å²) in [6.45, 7) is 28.5. The third-order valence-corrected chi connectivity index (χ3v) is 0. The van der Waals surface area contributed by atoms with Crippen LogP contribution in [0.1, 0.15) is 0 Å². The van der Waals surface area contributed by atoms with Crippen molar-refractivity contribution in [1.29, 1.82) is 31.6 Å². The summed E-state index contributed by atoms with van der Waals surface area (Å²) in [5.74, 6) is 0.